The monoisotopic (exact) mass is 832 g/mol. The van der Waals surface area contributed by atoms with Crippen LogP contribution in [0.15, 0.2) is 24.3 Å². The largest absolute Gasteiger partial charge is 0.462 e. The van der Waals surface area contributed by atoms with Crippen molar-refractivity contribution in [3.8, 4) is 0 Å². The fraction of sp³-hybridized carbons (Fsp3) is 0.887. The minimum atomic E-state index is -0.785. The highest BCUT2D eigenvalue weighted by atomic mass is 16.5. The molecule has 0 aromatic heterocycles. The first kappa shape index (κ1) is 57.3. The molecule has 3 atom stereocenters. The lowest BCUT2D eigenvalue weighted by Crippen LogP contribution is -2.46. The third-order valence-corrected chi connectivity index (χ3v) is 12.0. The Kier molecular flexibility index (Phi) is 46.1. The Balaban J connectivity index is 4.51. The topological polar surface area (TPSA) is 95.9 Å². The predicted molar refractivity (Wildman–Crippen MR) is 255 cm³/mol. The highest BCUT2D eigenvalue weighted by molar-refractivity contribution is 5.77. The Morgan fingerprint density at radius 1 is 0.492 bits per heavy atom. The van der Waals surface area contributed by atoms with Crippen LogP contribution in [0.25, 0.3) is 0 Å². The third kappa shape index (κ3) is 42.8. The van der Waals surface area contributed by atoms with E-state index in [1.807, 2.05) is 0 Å². The van der Waals surface area contributed by atoms with E-state index in [0.717, 1.165) is 64.2 Å². The van der Waals surface area contributed by atoms with Gasteiger partial charge in [0.05, 0.1) is 25.2 Å². The molecule has 3 unspecified atom stereocenters. The lowest BCUT2D eigenvalue weighted by molar-refractivity contribution is -0.151. The van der Waals surface area contributed by atoms with Gasteiger partial charge in [0.1, 0.15) is 6.10 Å². The summed E-state index contributed by atoms with van der Waals surface area (Å²) in [5.41, 5.74) is 0. The lowest BCUT2D eigenvalue weighted by Gasteiger charge is -2.24. The van der Waals surface area contributed by atoms with Crippen molar-refractivity contribution in [2.45, 2.75) is 296 Å². The summed E-state index contributed by atoms with van der Waals surface area (Å²) in [5, 5.41) is 23.8. The Morgan fingerprint density at radius 3 is 1.32 bits per heavy atom. The van der Waals surface area contributed by atoms with E-state index in [1.165, 1.54) is 167 Å². The van der Waals surface area contributed by atoms with Crippen LogP contribution in [0.4, 0.5) is 0 Å². The molecule has 1 amide bonds. The van der Waals surface area contributed by atoms with Crippen LogP contribution < -0.4 is 5.32 Å². The van der Waals surface area contributed by atoms with Crippen LogP contribution in [-0.2, 0) is 14.3 Å². The van der Waals surface area contributed by atoms with Crippen LogP contribution in [-0.4, -0.2) is 46.9 Å². The molecule has 0 fully saturated rings. The SMILES string of the molecule is CCCCC/C=C\C/C=C\CCCCCCCCCC(CC(=O)NC(CO)C(O)CCCCCCCCCCCCCCCC)OC(=O)CCCCCCCCCCC. The van der Waals surface area contributed by atoms with Gasteiger partial charge in [0.25, 0.3) is 0 Å². The number of aliphatic hydroxyl groups excluding tert-OH is 2. The number of esters is 1. The van der Waals surface area contributed by atoms with Crippen LogP contribution in [0.2, 0.25) is 0 Å². The first-order chi connectivity index (χ1) is 29.0. The van der Waals surface area contributed by atoms with Crippen molar-refractivity contribution < 1.29 is 24.5 Å². The second-order valence-corrected chi connectivity index (χ2v) is 17.9. The highest BCUT2D eigenvalue weighted by Gasteiger charge is 2.24. The molecule has 348 valence electrons. The average molecular weight is 832 g/mol. The van der Waals surface area contributed by atoms with Gasteiger partial charge in [0, 0.05) is 6.42 Å². The van der Waals surface area contributed by atoms with Gasteiger partial charge in [-0.15, -0.1) is 0 Å². The summed E-state index contributed by atoms with van der Waals surface area (Å²) < 4.78 is 5.92. The number of hydrogen-bond donors (Lipinski definition) is 3. The molecule has 0 heterocycles. The summed E-state index contributed by atoms with van der Waals surface area (Å²) >= 11 is 0. The second-order valence-electron chi connectivity index (χ2n) is 17.9. The van der Waals surface area contributed by atoms with Crippen molar-refractivity contribution in [3.05, 3.63) is 24.3 Å². The predicted octanol–water partition coefficient (Wildman–Crippen LogP) is 15.5. The normalized spacial score (nSPS) is 13.4. The number of carbonyl (C=O) groups excluding carboxylic acids is 2. The fourth-order valence-corrected chi connectivity index (χ4v) is 8.05. The number of nitrogens with one attached hydrogen (secondary N) is 1. The number of rotatable bonds is 47. The molecule has 6 nitrogen and oxygen atoms in total. The summed E-state index contributed by atoms with van der Waals surface area (Å²) in [6.07, 6.45) is 53.8. The summed E-state index contributed by atoms with van der Waals surface area (Å²) in [4.78, 5) is 26.1. The zero-order valence-corrected chi connectivity index (χ0v) is 39.7. The minimum absolute atomic E-state index is 0.0771. The van der Waals surface area contributed by atoms with E-state index in [9.17, 15) is 19.8 Å². The van der Waals surface area contributed by atoms with E-state index in [4.69, 9.17) is 4.74 Å². The smallest absolute Gasteiger partial charge is 0.306 e. The fourth-order valence-electron chi connectivity index (χ4n) is 8.05. The molecule has 0 rings (SSSR count). The zero-order chi connectivity index (χ0) is 43.1. The molecule has 0 spiro atoms. The molecule has 0 aliphatic carbocycles. The first-order valence-electron chi connectivity index (χ1n) is 26.1. The molecule has 0 saturated heterocycles. The van der Waals surface area contributed by atoms with Crippen molar-refractivity contribution in [1.82, 2.24) is 5.32 Å². The highest BCUT2D eigenvalue weighted by Crippen LogP contribution is 2.18. The van der Waals surface area contributed by atoms with Gasteiger partial charge in [-0.2, -0.15) is 0 Å². The minimum Gasteiger partial charge on any atom is -0.462 e. The van der Waals surface area contributed by atoms with E-state index in [1.54, 1.807) is 0 Å². The molecule has 0 radical (unpaired) electrons. The van der Waals surface area contributed by atoms with Crippen molar-refractivity contribution in [3.63, 3.8) is 0 Å². The third-order valence-electron chi connectivity index (χ3n) is 12.0. The van der Waals surface area contributed by atoms with Crippen LogP contribution >= 0.6 is 0 Å². The van der Waals surface area contributed by atoms with Crippen molar-refractivity contribution in [2.24, 2.45) is 0 Å². The van der Waals surface area contributed by atoms with E-state index >= 15 is 0 Å². The summed E-state index contributed by atoms with van der Waals surface area (Å²) in [6, 6.07) is -0.699. The Labute approximate surface area is 367 Å². The van der Waals surface area contributed by atoms with Crippen molar-refractivity contribution in [1.29, 1.82) is 0 Å². The lowest BCUT2D eigenvalue weighted by atomic mass is 10.0. The van der Waals surface area contributed by atoms with Gasteiger partial charge < -0.3 is 20.3 Å². The maximum absolute atomic E-state index is 13.2. The Bertz CT molecular complexity index is 935. The van der Waals surface area contributed by atoms with Gasteiger partial charge in [-0.25, -0.2) is 0 Å². The standard InChI is InChI=1S/C53H101NO5/c1-4-7-10-13-16-19-21-23-25-26-27-28-30-33-35-38-41-44-49(59-53(58)46-43-40-37-32-18-15-12-9-6-3)47-52(57)54-50(48-55)51(56)45-42-39-36-34-31-29-24-22-20-17-14-11-8-5-2/h16,19,23,25,49-51,55-56H,4-15,17-18,20-22,24,26-48H2,1-3H3,(H,54,57)/b19-16-,25-23-. The molecule has 0 saturated carbocycles. The number of allylic oxidation sites excluding steroid dienone is 4. The molecule has 0 aromatic carbocycles. The van der Waals surface area contributed by atoms with Gasteiger partial charge in [-0.05, 0) is 57.8 Å². The Morgan fingerprint density at radius 2 is 0.864 bits per heavy atom. The van der Waals surface area contributed by atoms with Crippen LogP contribution in [0, 0.1) is 0 Å². The van der Waals surface area contributed by atoms with E-state index < -0.39 is 18.2 Å². The quantitative estimate of drug-likeness (QED) is 0.0322. The number of carbonyl (C=O) groups is 2. The molecule has 0 aliphatic rings. The molecule has 0 aliphatic heterocycles. The van der Waals surface area contributed by atoms with Gasteiger partial charge in [0.15, 0.2) is 0 Å². The van der Waals surface area contributed by atoms with Crippen LogP contribution in [0.3, 0.4) is 0 Å². The molecule has 0 bridgehead atoms. The molecule has 6 heteroatoms. The van der Waals surface area contributed by atoms with Gasteiger partial charge >= 0.3 is 5.97 Å². The average Bonchev–Trinajstić information content (AvgIpc) is 3.23. The summed E-state index contributed by atoms with van der Waals surface area (Å²) in [5.74, 6) is -0.471. The van der Waals surface area contributed by atoms with Crippen LogP contribution in [0.5, 0.6) is 0 Å². The van der Waals surface area contributed by atoms with Gasteiger partial charge in [-0.3, -0.25) is 9.59 Å². The number of aliphatic hydroxyl groups is 2. The zero-order valence-electron chi connectivity index (χ0n) is 39.7. The number of ether oxygens (including phenoxy) is 1. The van der Waals surface area contributed by atoms with Crippen molar-refractivity contribution in [2.75, 3.05) is 6.61 Å². The molecule has 3 N–H and O–H groups in total. The summed E-state index contributed by atoms with van der Waals surface area (Å²) in [7, 11) is 0. The molecule has 0 aromatic rings. The second kappa shape index (κ2) is 47.4. The number of amides is 1. The molecular formula is C53H101NO5. The van der Waals surface area contributed by atoms with Crippen molar-refractivity contribution >= 4 is 11.9 Å². The molecular weight excluding hydrogens is 731 g/mol. The Hall–Kier alpha value is -1.66. The van der Waals surface area contributed by atoms with Gasteiger partial charge in [0.2, 0.25) is 5.91 Å². The van der Waals surface area contributed by atoms with E-state index in [2.05, 4.69) is 50.4 Å². The first-order valence-corrected chi connectivity index (χ1v) is 26.1. The maximum atomic E-state index is 13.2. The van der Waals surface area contributed by atoms with Gasteiger partial charge in [-0.1, -0.05) is 231 Å². The van der Waals surface area contributed by atoms with E-state index in [-0.39, 0.29) is 24.9 Å². The summed E-state index contributed by atoms with van der Waals surface area (Å²) in [6.45, 7) is 6.46. The number of hydrogen-bond acceptors (Lipinski definition) is 5. The van der Waals surface area contributed by atoms with E-state index in [0.29, 0.717) is 19.3 Å². The van der Waals surface area contributed by atoms with Crippen LogP contribution in [0.1, 0.15) is 278 Å². The number of unbranched alkanes of at least 4 members (excludes halogenated alkanes) is 31. The maximum Gasteiger partial charge on any atom is 0.306 e. The molecule has 59 heavy (non-hydrogen) atoms.